The number of fused-ring (bicyclic) bond motifs is 1. The van der Waals surface area contributed by atoms with E-state index in [0.717, 1.165) is 0 Å². The van der Waals surface area contributed by atoms with Crippen LogP contribution in [0.25, 0.3) is 0 Å². The van der Waals surface area contributed by atoms with Crippen LogP contribution >= 0.6 is 0 Å². The van der Waals surface area contributed by atoms with Crippen LogP contribution in [-0.2, 0) is 0 Å². The van der Waals surface area contributed by atoms with Crippen LogP contribution in [0.4, 0.5) is 0 Å². The van der Waals surface area contributed by atoms with E-state index >= 15 is 0 Å². The maximum absolute atomic E-state index is 10.4. The molecule has 70 valence electrons. The number of aromatic nitrogens is 1. The zero-order valence-electron chi connectivity index (χ0n) is 6.86. The van der Waals surface area contributed by atoms with E-state index in [0.29, 0.717) is 23.4 Å². The first-order chi connectivity index (χ1) is 6.22. The van der Waals surface area contributed by atoms with Gasteiger partial charge in [0.05, 0.1) is 11.7 Å². The summed E-state index contributed by atoms with van der Waals surface area (Å²) in [6, 6.07) is 1.12. The first-order valence-electron chi connectivity index (χ1n) is 3.97. The van der Waals surface area contributed by atoms with Crippen LogP contribution in [0.1, 0.15) is 22.2 Å². The van der Waals surface area contributed by atoms with E-state index in [1.807, 2.05) is 0 Å². The Balaban J connectivity index is 2.41. The lowest BCUT2D eigenvalue weighted by atomic mass is 10.0. The number of hydrogen-bond acceptors (Lipinski definition) is 4. The van der Waals surface area contributed by atoms with Crippen molar-refractivity contribution in [2.45, 2.75) is 12.1 Å². The third-order valence-electron chi connectivity index (χ3n) is 2.10. The number of aliphatic hydroxyl groups excluding tert-OH is 1. The summed E-state index contributed by atoms with van der Waals surface area (Å²) >= 11 is 0. The second-order valence-corrected chi connectivity index (χ2v) is 3.05. The summed E-state index contributed by atoms with van der Waals surface area (Å²) in [6.45, 7) is 0.257. The molecule has 0 amide bonds. The summed E-state index contributed by atoms with van der Waals surface area (Å²) in [7, 11) is 0. The summed E-state index contributed by atoms with van der Waals surface area (Å²) in [4.78, 5) is 13.1. The Morgan fingerprint density at radius 3 is 3.23 bits per heavy atom. The second-order valence-electron chi connectivity index (χ2n) is 3.05. The van der Waals surface area contributed by atoms with E-state index in [9.17, 15) is 9.90 Å². The summed E-state index contributed by atoms with van der Waals surface area (Å²) in [5, 5.41) is 9.60. The van der Waals surface area contributed by atoms with Gasteiger partial charge in [0, 0.05) is 5.56 Å². The van der Waals surface area contributed by atoms with Gasteiger partial charge in [-0.05, 0) is 6.07 Å². The molecule has 0 bridgehead atoms. The molecule has 5 nitrogen and oxygen atoms in total. The number of carbonyl (C=O) groups is 1. The molecule has 0 saturated carbocycles. The fourth-order valence-electron chi connectivity index (χ4n) is 1.38. The number of rotatable bonds is 1. The molecule has 13 heavy (non-hydrogen) atoms. The van der Waals surface area contributed by atoms with E-state index in [4.69, 9.17) is 10.5 Å². The van der Waals surface area contributed by atoms with Crippen molar-refractivity contribution in [3.05, 3.63) is 17.3 Å². The quantitative estimate of drug-likeness (QED) is 0.515. The molecule has 1 aromatic rings. The highest BCUT2D eigenvalue weighted by Gasteiger charge is 2.28. The molecule has 0 aliphatic carbocycles. The minimum absolute atomic E-state index is 0.257. The third-order valence-corrected chi connectivity index (χ3v) is 2.10. The molecule has 1 aromatic heterocycles. The average molecular weight is 182 g/mol. The SMILES string of the molecule is NC1COc2[nH]c(C=O)cc2C1O. The summed E-state index contributed by atoms with van der Waals surface area (Å²) in [6.07, 6.45) is -0.0892. The monoisotopic (exact) mass is 182 g/mol. The number of hydrogen-bond donors (Lipinski definition) is 3. The molecule has 0 radical (unpaired) electrons. The van der Waals surface area contributed by atoms with E-state index in [1.165, 1.54) is 0 Å². The Bertz CT molecular complexity index is 334. The lowest BCUT2D eigenvalue weighted by molar-refractivity contribution is 0.0899. The molecule has 5 heteroatoms. The van der Waals surface area contributed by atoms with Crippen LogP contribution in [0.5, 0.6) is 5.88 Å². The summed E-state index contributed by atoms with van der Waals surface area (Å²) in [5.74, 6) is 0.441. The maximum atomic E-state index is 10.4. The smallest absolute Gasteiger partial charge is 0.197 e. The van der Waals surface area contributed by atoms with Crippen molar-refractivity contribution in [3.8, 4) is 5.88 Å². The third kappa shape index (κ3) is 1.22. The Labute approximate surface area is 74.5 Å². The highest BCUT2D eigenvalue weighted by molar-refractivity contribution is 5.73. The van der Waals surface area contributed by atoms with Gasteiger partial charge >= 0.3 is 0 Å². The molecular weight excluding hydrogens is 172 g/mol. The Morgan fingerprint density at radius 2 is 2.54 bits per heavy atom. The van der Waals surface area contributed by atoms with Crippen molar-refractivity contribution in [2.75, 3.05) is 6.61 Å². The van der Waals surface area contributed by atoms with Gasteiger partial charge in [0.2, 0.25) is 0 Å². The predicted octanol–water partition coefficient (Wildman–Crippen LogP) is -0.420. The van der Waals surface area contributed by atoms with Crippen LogP contribution < -0.4 is 10.5 Å². The molecule has 2 atom stereocenters. The van der Waals surface area contributed by atoms with Crippen LogP contribution in [0, 0.1) is 0 Å². The molecule has 2 unspecified atom stereocenters. The predicted molar refractivity (Wildman–Crippen MR) is 44.6 cm³/mol. The largest absolute Gasteiger partial charge is 0.477 e. The minimum atomic E-state index is -0.756. The van der Waals surface area contributed by atoms with Crippen molar-refractivity contribution in [2.24, 2.45) is 5.73 Å². The standard InChI is InChI=1S/C8H10N2O3/c9-6-3-13-8-5(7(6)12)1-4(2-11)10-8/h1-2,6-7,10,12H,3,9H2. The van der Waals surface area contributed by atoms with Crippen LogP contribution in [0.2, 0.25) is 0 Å². The van der Waals surface area contributed by atoms with E-state index < -0.39 is 12.1 Å². The van der Waals surface area contributed by atoms with Gasteiger partial charge in [0.1, 0.15) is 12.7 Å². The van der Waals surface area contributed by atoms with Crippen molar-refractivity contribution in [1.82, 2.24) is 4.98 Å². The molecule has 0 saturated heterocycles. The highest BCUT2D eigenvalue weighted by Crippen LogP contribution is 2.30. The zero-order valence-corrected chi connectivity index (χ0v) is 6.86. The Kier molecular flexibility index (Phi) is 1.82. The van der Waals surface area contributed by atoms with Crippen LogP contribution in [0.15, 0.2) is 6.07 Å². The number of nitrogens with one attached hydrogen (secondary N) is 1. The summed E-state index contributed by atoms with van der Waals surface area (Å²) in [5.41, 5.74) is 6.51. The van der Waals surface area contributed by atoms with Gasteiger partial charge in [-0.1, -0.05) is 0 Å². The van der Waals surface area contributed by atoms with Gasteiger partial charge < -0.3 is 20.6 Å². The number of carbonyl (C=O) groups excluding carboxylic acids is 1. The fraction of sp³-hybridized carbons (Fsp3) is 0.375. The number of ether oxygens (including phenoxy) is 1. The Hall–Kier alpha value is -1.33. The van der Waals surface area contributed by atoms with E-state index in [1.54, 1.807) is 6.07 Å². The second kappa shape index (κ2) is 2.86. The fourth-order valence-corrected chi connectivity index (χ4v) is 1.38. The molecule has 1 aliphatic heterocycles. The topological polar surface area (TPSA) is 88.3 Å². The number of H-pyrrole nitrogens is 1. The molecule has 1 aliphatic rings. The average Bonchev–Trinajstić information content (AvgIpc) is 2.55. The zero-order chi connectivity index (χ0) is 9.42. The maximum Gasteiger partial charge on any atom is 0.197 e. The number of aliphatic hydroxyl groups is 1. The molecule has 0 aromatic carbocycles. The summed E-state index contributed by atoms with van der Waals surface area (Å²) < 4.78 is 5.19. The van der Waals surface area contributed by atoms with Crippen molar-refractivity contribution < 1.29 is 14.6 Å². The first-order valence-corrected chi connectivity index (χ1v) is 3.97. The van der Waals surface area contributed by atoms with Crippen LogP contribution in [-0.4, -0.2) is 29.0 Å². The lowest BCUT2D eigenvalue weighted by Crippen LogP contribution is -2.37. The molecular formula is C8H10N2O3. The van der Waals surface area contributed by atoms with Crippen molar-refractivity contribution in [1.29, 1.82) is 0 Å². The number of aldehydes is 1. The molecule has 4 N–H and O–H groups in total. The number of nitrogens with two attached hydrogens (primary N) is 1. The van der Waals surface area contributed by atoms with Gasteiger partial charge in [-0.15, -0.1) is 0 Å². The Morgan fingerprint density at radius 1 is 1.77 bits per heavy atom. The van der Waals surface area contributed by atoms with Crippen molar-refractivity contribution >= 4 is 6.29 Å². The molecule has 2 heterocycles. The van der Waals surface area contributed by atoms with Gasteiger partial charge in [-0.3, -0.25) is 4.79 Å². The normalized spacial score (nSPS) is 26.3. The molecule has 0 fully saturated rings. The van der Waals surface area contributed by atoms with Crippen LogP contribution in [0.3, 0.4) is 0 Å². The van der Waals surface area contributed by atoms with Gasteiger partial charge in [0.25, 0.3) is 0 Å². The van der Waals surface area contributed by atoms with Gasteiger partial charge in [-0.2, -0.15) is 0 Å². The van der Waals surface area contributed by atoms with E-state index in [2.05, 4.69) is 4.98 Å². The minimum Gasteiger partial charge on any atom is -0.477 e. The van der Waals surface area contributed by atoms with Crippen molar-refractivity contribution in [3.63, 3.8) is 0 Å². The number of aromatic amines is 1. The molecule has 2 rings (SSSR count). The van der Waals surface area contributed by atoms with Gasteiger partial charge in [0.15, 0.2) is 12.2 Å². The lowest BCUT2D eigenvalue weighted by Gasteiger charge is -2.24. The molecule has 0 spiro atoms. The first kappa shape index (κ1) is 8.28. The highest BCUT2D eigenvalue weighted by atomic mass is 16.5. The van der Waals surface area contributed by atoms with E-state index in [-0.39, 0.29) is 6.61 Å². The van der Waals surface area contributed by atoms with Gasteiger partial charge in [-0.25, -0.2) is 0 Å².